The van der Waals surface area contributed by atoms with Gasteiger partial charge in [0.05, 0.1) is 38.6 Å². The molecule has 3 heterocycles. The van der Waals surface area contributed by atoms with E-state index in [1.165, 1.54) is 14.2 Å². The molecule has 2 aliphatic heterocycles. The summed E-state index contributed by atoms with van der Waals surface area (Å²) in [5.74, 6) is -0.439. The molecule has 114 valence electrons. The van der Waals surface area contributed by atoms with Crippen LogP contribution in [0.1, 0.15) is 28.5 Å². The van der Waals surface area contributed by atoms with E-state index in [2.05, 4.69) is 5.32 Å². The van der Waals surface area contributed by atoms with E-state index in [0.717, 1.165) is 12.1 Å². The summed E-state index contributed by atoms with van der Waals surface area (Å²) in [6.45, 7) is 1.78. The smallest absolute Gasteiger partial charge is 0.343 e. The van der Waals surface area contributed by atoms with Gasteiger partial charge in [-0.05, 0) is 6.42 Å². The number of hydrogen-bond acceptors (Lipinski definition) is 6. The Morgan fingerprint density at radius 2 is 2.29 bits per heavy atom. The maximum Gasteiger partial charge on any atom is 0.343 e. The number of nitrogens with zero attached hydrogens (tertiary/aromatic N) is 1. The standard InChI is InChI=1S/C14H18N2O5/c1-19-13-11-5-15-9-7-21-4-3-10(9)16(11)6-8(12(13)17)14(18)20-2/h6,9-10,15H,3-5,7H2,1-2H3/t9-,10+/m1/s1. The maximum atomic E-state index is 12.3. The van der Waals surface area contributed by atoms with Crippen LogP contribution in [-0.4, -0.2) is 44.0 Å². The summed E-state index contributed by atoms with van der Waals surface area (Å²) >= 11 is 0. The second kappa shape index (κ2) is 5.50. The third-order valence-corrected chi connectivity index (χ3v) is 4.11. The number of ether oxygens (including phenoxy) is 3. The van der Waals surface area contributed by atoms with Gasteiger partial charge in [0.25, 0.3) is 0 Å². The first-order valence-electron chi connectivity index (χ1n) is 6.88. The second-order valence-corrected chi connectivity index (χ2v) is 5.17. The van der Waals surface area contributed by atoms with Crippen molar-refractivity contribution in [3.63, 3.8) is 0 Å². The number of methoxy groups -OCH3 is 2. The van der Waals surface area contributed by atoms with Crippen molar-refractivity contribution in [1.29, 1.82) is 0 Å². The lowest BCUT2D eigenvalue weighted by molar-refractivity contribution is 0.0300. The quantitative estimate of drug-likeness (QED) is 0.778. The van der Waals surface area contributed by atoms with Gasteiger partial charge in [-0.15, -0.1) is 0 Å². The molecule has 2 aliphatic rings. The summed E-state index contributed by atoms with van der Waals surface area (Å²) < 4.78 is 17.4. The minimum atomic E-state index is -0.643. The number of esters is 1. The van der Waals surface area contributed by atoms with Crippen molar-refractivity contribution in [2.45, 2.75) is 25.0 Å². The van der Waals surface area contributed by atoms with Crippen LogP contribution in [0.2, 0.25) is 0 Å². The van der Waals surface area contributed by atoms with Crippen LogP contribution < -0.4 is 15.5 Å². The fourth-order valence-corrected chi connectivity index (χ4v) is 3.06. The van der Waals surface area contributed by atoms with Crippen LogP contribution in [0.3, 0.4) is 0 Å². The second-order valence-electron chi connectivity index (χ2n) is 5.17. The molecule has 2 atom stereocenters. The van der Waals surface area contributed by atoms with E-state index in [-0.39, 0.29) is 23.4 Å². The molecule has 0 bridgehead atoms. The number of carbonyl (C=O) groups excluding carboxylic acids is 1. The summed E-state index contributed by atoms with van der Waals surface area (Å²) in [6.07, 6.45) is 2.41. The Morgan fingerprint density at radius 1 is 1.48 bits per heavy atom. The average molecular weight is 294 g/mol. The van der Waals surface area contributed by atoms with Crippen LogP contribution in [0.5, 0.6) is 5.75 Å². The Morgan fingerprint density at radius 3 is 3.00 bits per heavy atom. The van der Waals surface area contributed by atoms with Gasteiger partial charge < -0.3 is 24.1 Å². The highest BCUT2D eigenvalue weighted by Gasteiger charge is 2.34. The zero-order chi connectivity index (χ0) is 15.0. The van der Waals surface area contributed by atoms with Crippen LogP contribution in [0, 0.1) is 0 Å². The molecule has 0 aromatic carbocycles. The van der Waals surface area contributed by atoms with Crippen LogP contribution >= 0.6 is 0 Å². The van der Waals surface area contributed by atoms with Gasteiger partial charge in [-0.1, -0.05) is 0 Å². The summed E-state index contributed by atoms with van der Waals surface area (Å²) in [6, 6.07) is 0.310. The molecule has 0 unspecified atom stereocenters. The molecule has 1 saturated heterocycles. The van der Waals surface area contributed by atoms with Gasteiger partial charge in [0, 0.05) is 19.3 Å². The molecule has 0 radical (unpaired) electrons. The molecule has 1 fully saturated rings. The van der Waals surface area contributed by atoms with Crippen molar-refractivity contribution < 1.29 is 19.0 Å². The SMILES string of the molecule is COC(=O)c1cn2c(c(OC)c1=O)CN[C@@H]1COCC[C@@H]12. The lowest BCUT2D eigenvalue weighted by Crippen LogP contribution is -2.49. The first kappa shape index (κ1) is 14.1. The molecule has 3 rings (SSSR count). The Kier molecular flexibility index (Phi) is 3.69. The molecule has 0 spiro atoms. The van der Waals surface area contributed by atoms with Crippen LogP contribution in [0.4, 0.5) is 0 Å². The number of pyridine rings is 1. The van der Waals surface area contributed by atoms with E-state index < -0.39 is 11.4 Å². The lowest BCUT2D eigenvalue weighted by atomic mass is 9.98. The first-order chi connectivity index (χ1) is 10.2. The minimum Gasteiger partial charge on any atom is -0.491 e. The summed E-state index contributed by atoms with van der Waals surface area (Å²) in [5.41, 5.74) is 0.339. The Labute approximate surface area is 121 Å². The Hall–Kier alpha value is -1.86. The molecule has 1 N–H and O–H groups in total. The highest BCUT2D eigenvalue weighted by atomic mass is 16.5. The molecule has 0 aliphatic carbocycles. The molecular formula is C14H18N2O5. The predicted octanol–water partition coefficient (Wildman–Crippen LogP) is 0.0767. The van der Waals surface area contributed by atoms with Crippen molar-refractivity contribution in [1.82, 2.24) is 9.88 Å². The third-order valence-electron chi connectivity index (χ3n) is 4.11. The zero-order valence-electron chi connectivity index (χ0n) is 12.0. The van der Waals surface area contributed by atoms with Crippen LogP contribution in [0.15, 0.2) is 11.0 Å². The summed E-state index contributed by atoms with van der Waals surface area (Å²) in [5, 5.41) is 3.36. The first-order valence-corrected chi connectivity index (χ1v) is 6.88. The molecule has 1 aromatic heterocycles. The number of fused-ring (bicyclic) bond motifs is 3. The van der Waals surface area contributed by atoms with Gasteiger partial charge >= 0.3 is 5.97 Å². The van der Waals surface area contributed by atoms with E-state index in [1.54, 1.807) is 6.20 Å². The van der Waals surface area contributed by atoms with Crippen molar-refractivity contribution in [3.8, 4) is 5.75 Å². The van der Waals surface area contributed by atoms with E-state index >= 15 is 0 Å². The normalized spacial score (nSPS) is 23.9. The van der Waals surface area contributed by atoms with E-state index in [9.17, 15) is 9.59 Å². The molecule has 0 amide bonds. The van der Waals surface area contributed by atoms with Gasteiger partial charge in [0.2, 0.25) is 5.43 Å². The zero-order valence-corrected chi connectivity index (χ0v) is 12.0. The fourth-order valence-electron chi connectivity index (χ4n) is 3.06. The Balaban J connectivity index is 2.17. The topological polar surface area (TPSA) is 78.8 Å². The van der Waals surface area contributed by atoms with Crippen LogP contribution in [0.25, 0.3) is 0 Å². The van der Waals surface area contributed by atoms with Gasteiger partial charge in [0.1, 0.15) is 5.56 Å². The highest BCUT2D eigenvalue weighted by Crippen LogP contribution is 2.30. The maximum absolute atomic E-state index is 12.3. The number of aromatic nitrogens is 1. The van der Waals surface area contributed by atoms with Gasteiger partial charge in [-0.25, -0.2) is 4.79 Å². The number of rotatable bonds is 2. The van der Waals surface area contributed by atoms with Crippen molar-refractivity contribution in [3.05, 3.63) is 27.7 Å². The molecule has 0 saturated carbocycles. The molecule has 7 heteroatoms. The highest BCUT2D eigenvalue weighted by molar-refractivity contribution is 5.89. The van der Waals surface area contributed by atoms with Gasteiger partial charge in [-0.3, -0.25) is 4.79 Å². The molecule has 1 aromatic rings. The van der Waals surface area contributed by atoms with E-state index in [1.807, 2.05) is 4.57 Å². The minimum absolute atomic E-state index is 0.00485. The third kappa shape index (κ3) is 2.22. The number of carbonyl (C=O) groups is 1. The number of nitrogens with one attached hydrogen (secondary N) is 1. The summed E-state index contributed by atoms with van der Waals surface area (Å²) in [7, 11) is 2.70. The van der Waals surface area contributed by atoms with Crippen molar-refractivity contribution >= 4 is 5.97 Å². The largest absolute Gasteiger partial charge is 0.491 e. The molecule has 21 heavy (non-hydrogen) atoms. The monoisotopic (exact) mass is 294 g/mol. The number of hydrogen-bond donors (Lipinski definition) is 1. The lowest BCUT2D eigenvalue weighted by Gasteiger charge is -2.40. The van der Waals surface area contributed by atoms with Crippen LogP contribution in [-0.2, 0) is 16.0 Å². The van der Waals surface area contributed by atoms with E-state index in [4.69, 9.17) is 14.2 Å². The van der Waals surface area contributed by atoms with Gasteiger partial charge in [0.15, 0.2) is 5.75 Å². The van der Waals surface area contributed by atoms with Gasteiger partial charge in [-0.2, -0.15) is 0 Å². The summed E-state index contributed by atoms with van der Waals surface area (Å²) in [4.78, 5) is 24.2. The van der Waals surface area contributed by atoms with E-state index in [0.29, 0.717) is 19.8 Å². The van der Waals surface area contributed by atoms with Crippen molar-refractivity contribution in [2.75, 3.05) is 27.4 Å². The Bertz CT molecular complexity index is 625. The average Bonchev–Trinajstić information content (AvgIpc) is 2.53. The predicted molar refractivity (Wildman–Crippen MR) is 73.7 cm³/mol. The molecular weight excluding hydrogens is 276 g/mol. The van der Waals surface area contributed by atoms with Crippen molar-refractivity contribution in [2.24, 2.45) is 0 Å². The fraction of sp³-hybridized carbons (Fsp3) is 0.571. The molecule has 7 nitrogen and oxygen atoms in total.